The maximum absolute atomic E-state index is 12.0. The Morgan fingerprint density at radius 1 is 0.833 bits per heavy atom. The number of nitrogens with two attached hydrogens (primary N) is 1. The Morgan fingerprint density at radius 3 is 1.90 bits per heavy atom. The van der Waals surface area contributed by atoms with E-state index in [2.05, 4.69) is 12.2 Å². The van der Waals surface area contributed by atoms with Crippen LogP contribution in [0.2, 0.25) is 0 Å². The van der Waals surface area contributed by atoms with Crippen LogP contribution in [0.1, 0.15) is 114 Å². The first-order chi connectivity index (χ1) is 14.7. The lowest BCUT2D eigenvalue weighted by molar-refractivity contribution is -0.121. The number of benzene rings is 1. The van der Waals surface area contributed by atoms with Crippen molar-refractivity contribution in [1.29, 1.82) is 0 Å². The zero-order valence-electron chi connectivity index (χ0n) is 19.3. The van der Waals surface area contributed by atoms with Crippen LogP contribution >= 0.6 is 0 Å². The van der Waals surface area contributed by atoms with E-state index in [1.54, 1.807) is 0 Å². The molecule has 4 heteroatoms. The zero-order valence-corrected chi connectivity index (χ0v) is 19.3. The molecule has 0 aromatic heterocycles. The van der Waals surface area contributed by atoms with Crippen LogP contribution in [0.5, 0.6) is 0 Å². The molecule has 0 radical (unpaired) electrons. The maximum atomic E-state index is 12.0. The van der Waals surface area contributed by atoms with Crippen LogP contribution in [-0.2, 0) is 17.9 Å². The molecule has 1 rings (SSSR count). The predicted octanol–water partition coefficient (Wildman–Crippen LogP) is 5.99. The molecule has 0 fully saturated rings. The molecule has 1 aromatic rings. The molecule has 1 unspecified atom stereocenters. The Balaban J connectivity index is 1.89. The molecule has 0 spiro atoms. The van der Waals surface area contributed by atoms with Crippen LogP contribution in [0.25, 0.3) is 0 Å². The monoisotopic (exact) mass is 418 g/mol. The Labute approximate surface area is 185 Å². The summed E-state index contributed by atoms with van der Waals surface area (Å²) in [7, 11) is 0. The molecule has 1 aromatic carbocycles. The topological polar surface area (TPSA) is 75.3 Å². The van der Waals surface area contributed by atoms with E-state index in [-0.39, 0.29) is 12.0 Å². The number of hydrogen-bond donors (Lipinski definition) is 3. The van der Waals surface area contributed by atoms with Crippen LogP contribution in [0.4, 0.5) is 0 Å². The minimum Gasteiger partial charge on any atom is -0.393 e. The van der Waals surface area contributed by atoms with Crippen LogP contribution in [-0.4, -0.2) is 17.1 Å². The average Bonchev–Trinajstić information content (AvgIpc) is 2.76. The fraction of sp³-hybridized carbons (Fsp3) is 0.731. The SMILES string of the molecule is CCCCCCCCCC(O)CCCCCCCC(=O)NCc1ccc(CN)cc1. The van der Waals surface area contributed by atoms with Crippen molar-refractivity contribution >= 4 is 5.91 Å². The van der Waals surface area contributed by atoms with Gasteiger partial charge in [0.25, 0.3) is 0 Å². The number of carbonyl (C=O) groups excluding carboxylic acids is 1. The summed E-state index contributed by atoms with van der Waals surface area (Å²) in [5.41, 5.74) is 7.81. The molecule has 1 amide bonds. The Kier molecular flexibility index (Phi) is 16.3. The lowest BCUT2D eigenvalue weighted by atomic mass is 10.0. The lowest BCUT2D eigenvalue weighted by Gasteiger charge is -2.10. The summed E-state index contributed by atoms with van der Waals surface area (Å²) in [4.78, 5) is 12.0. The number of amides is 1. The first-order valence-corrected chi connectivity index (χ1v) is 12.4. The van der Waals surface area contributed by atoms with Crippen LogP contribution in [0.3, 0.4) is 0 Å². The quantitative estimate of drug-likeness (QED) is 0.241. The van der Waals surface area contributed by atoms with Crippen molar-refractivity contribution in [3.05, 3.63) is 35.4 Å². The van der Waals surface area contributed by atoms with Gasteiger partial charge in [0.2, 0.25) is 5.91 Å². The normalized spacial score (nSPS) is 12.1. The summed E-state index contributed by atoms with van der Waals surface area (Å²) < 4.78 is 0. The predicted molar refractivity (Wildman–Crippen MR) is 127 cm³/mol. The summed E-state index contributed by atoms with van der Waals surface area (Å²) in [6, 6.07) is 8.05. The van der Waals surface area contributed by atoms with Crippen molar-refractivity contribution in [3.63, 3.8) is 0 Å². The maximum Gasteiger partial charge on any atom is 0.220 e. The molecule has 4 nitrogen and oxygen atoms in total. The van der Waals surface area contributed by atoms with E-state index in [0.29, 0.717) is 19.5 Å². The standard InChI is InChI=1S/C26H46N2O2/c1-2-3-4-5-6-8-11-14-25(29)15-12-9-7-10-13-16-26(30)28-22-24-19-17-23(21-27)18-20-24/h17-20,25,29H,2-16,21-22,27H2,1H3,(H,28,30). The third-order valence-electron chi connectivity index (χ3n) is 5.83. The number of aliphatic hydroxyl groups is 1. The highest BCUT2D eigenvalue weighted by Gasteiger charge is 2.05. The number of carbonyl (C=O) groups is 1. The van der Waals surface area contributed by atoms with Gasteiger partial charge in [0.05, 0.1) is 6.10 Å². The van der Waals surface area contributed by atoms with Crippen molar-refractivity contribution < 1.29 is 9.90 Å². The smallest absolute Gasteiger partial charge is 0.220 e. The number of hydrogen-bond acceptors (Lipinski definition) is 3. The second kappa shape index (κ2) is 18.4. The third kappa shape index (κ3) is 14.6. The van der Waals surface area contributed by atoms with E-state index in [0.717, 1.165) is 56.1 Å². The summed E-state index contributed by atoms with van der Waals surface area (Å²) in [6.07, 6.45) is 16.9. The molecule has 0 heterocycles. The number of rotatable bonds is 19. The van der Waals surface area contributed by atoms with Gasteiger partial charge in [-0.25, -0.2) is 0 Å². The van der Waals surface area contributed by atoms with Gasteiger partial charge >= 0.3 is 0 Å². The second-order valence-electron chi connectivity index (χ2n) is 8.67. The summed E-state index contributed by atoms with van der Waals surface area (Å²) in [6.45, 7) is 3.38. The largest absolute Gasteiger partial charge is 0.393 e. The lowest BCUT2D eigenvalue weighted by Crippen LogP contribution is -2.22. The van der Waals surface area contributed by atoms with Gasteiger partial charge in [0.1, 0.15) is 0 Å². The van der Waals surface area contributed by atoms with E-state index < -0.39 is 0 Å². The van der Waals surface area contributed by atoms with Crippen LogP contribution in [0, 0.1) is 0 Å². The van der Waals surface area contributed by atoms with Gasteiger partial charge in [0, 0.05) is 19.5 Å². The zero-order chi connectivity index (χ0) is 21.9. The molecule has 0 aliphatic carbocycles. The molecule has 30 heavy (non-hydrogen) atoms. The van der Waals surface area contributed by atoms with Gasteiger partial charge in [-0.05, 0) is 30.4 Å². The minimum atomic E-state index is -0.120. The Hall–Kier alpha value is -1.39. The molecular weight excluding hydrogens is 372 g/mol. The van der Waals surface area contributed by atoms with Crippen molar-refractivity contribution in [2.45, 2.75) is 122 Å². The molecule has 172 valence electrons. The van der Waals surface area contributed by atoms with Crippen molar-refractivity contribution in [1.82, 2.24) is 5.32 Å². The van der Waals surface area contributed by atoms with Crippen LogP contribution < -0.4 is 11.1 Å². The molecule has 0 aliphatic heterocycles. The summed E-state index contributed by atoms with van der Waals surface area (Å²) >= 11 is 0. The molecule has 0 saturated heterocycles. The van der Waals surface area contributed by atoms with E-state index in [9.17, 15) is 9.90 Å². The van der Waals surface area contributed by atoms with E-state index >= 15 is 0 Å². The molecule has 0 aliphatic rings. The van der Waals surface area contributed by atoms with Crippen molar-refractivity contribution in [2.24, 2.45) is 5.73 Å². The molecule has 1 atom stereocenters. The first-order valence-electron chi connectivity index (χ1n) is 12.4. The fourth-order valence-electron chi connectivity index (χ4n) is 3.76. The summed E-state index contributed by atoms with van der Waals surface area (Å²) in [5, 5.41) is 13.1. The van der Waals surface area contributed by atoms with Gasteiger partial charge in [0.15, 0.2) is 0 Å². The Bertz CT molecular complexity index is 530. The van der Waals surface area contributed by atoms with Crippen molar-refractivity contribution in [2.75, 3.05) is 0 Å². The van der Waals surface area contributed by atoms with E-state index in [1.165, 1.54) is 44.9 Å². The first kappa shape index (κ1) is 26.6. The third-order valence-corrected chi connectivity index (χ3v) is 5.83. The highest BCUT2D eigenvalue weighted by atomic mass is 16.3. The highest BCUT2D eigenvalue weighted by molar-refractivity contribution is 5.75. The van der Waals surface area contributed by atoms with Gasteiger partial charge in [-0.1, -0.05) is 102 Å². The minimum absolute atomic E-state index is 0.120. The molecular formula is C26H46N2O2. The molecule has 0 bridgehead atoms. The van der Waals surface area contributed by atoms with Crippen LogP contribution in [0.15, 0.2) is 24.3 Å². The van der Waals surface area contributed by atoms with E-state index in [4.69, 9.17) is 5.73 Å². The van der Waals surface area contributed by atoms with Gasteiger partial charge in [-0.2, -0.15) is 0 Å². The number of unbranched alkanes of at least 4 members (excludes halogenated alkanes) is 10. The van der Waals surface area contributed by atoms with Crippen molar-refractivity contribution in [3.8, 4) is 0 Å². The molecule has 0 saturated carbocycles. The fourth-order valence-corrected chi connectivity index (χ4v) is 3.76. The molecule has 4 N–H and O–H groups in total. The second-order valence-corrected chi connectivity index (χ2v) is 8.67. The van der Waals surface area contributed by atoms with Gasteiger partial charge in [-0.15, -0.1) is 0 Å². The highest BCUT2D eigenvalue weighted by Crippen LogP contribution is 2.14. The average molecular weight is 419 g/mol. The Morgan fingerprint density at radius 2 is 1.33 bits per heavy atom. The summed E-state index contributed by atoms with van der Waals surface area (Å²) in [5.74, 6) is 0.128. The number of nitrogens with one attached hydrogen (secondary N) is 1. The van der Waals surface area contributed by atoms with Gasteiger partial charge < -0.3 is 16.2 Å². The van der Waals surface area contributed by atoms with E-state index in [1.807, 2.05) is 24.3 Å². The number of aliphatic hydroxyl groups excluding tert-OH is 1. The van der Waals surface area contributed by atoms with Gasteiger partial charge in [-0.3, -0.25) is 4.79 Å².